The zero-order chi connectivity index (χ0) is 15.6. The summed E-state index contributed by atoms with van der Waals surface area (Å²) in [6.45, 7) is 2.19. The Morgan fingerprint density at radius 3 is 2.59 bits per heavy atom. The van der Waals surface area contributed by atoms with E-state index in [0.29, 0.717) is 6.61 Å². The lowest BCUT2D eigenvalue weighted by molar-refractivity contribution is -0.142. The maximum atomic E-state index is 11.7. The summed E-state index contributed by atoms with van der Waals surface area (Å²) >= 11 is 0. The molecule has 0 fully saturated rings. The minimum absolute atomic E-state index is 0.230. The Hall–Kier alpha value is -2.68. The highest BCUT2D eigenvalue weighted by Crippen LogP contribution is 2.13. The fraction of sp³-hybridized carbons (Fsp3) is 0.158. The predicted octanol–water partition coefficient (Wildman–Crippen LogP) is 4.13. The van der Waals surface area contributed by atoms with E-state index in [-0.39, 0.29) is 12.4 Å². The van der Waals surface area contributed by atoms with E-state index in [9.17, 15) is 4.79 Å². The molecule has 0 aliphatic carbocycles. The molecule has 1 aromatic heterocycles. The quantitative estimate of drug-likeness (QED) is 0.594. The molecule has 112 valence electrons. The first-order valence-corrected chi connectivity index (χ1v) is 7.28. The largest absolute Gasteiger partial charge is 0.466 e. The highest BCUT2D eigenvalue weighted by atomic mass is 16.5. The van der Waals surface area contributed by atoms with Crippen LogP contribution in [0, 0.1) is 0 Å². The lowest BCUT2D eigenvalue weighted by Crippen LogP contribution is -2.04. The molecule has 22 heavy (non-hydrogen) atoms. The Labute approximate surface area is 131 Å². The number of esters is 1. The van der Waals surface area contributed by atoms with E-state index in [1.807, 2.05) is 66.8 Å². The number of allylic oxidation sites excluding steroid dienone is 1. The third-order valence-electron chi connectivity index (χ3n) is 2.96. The van der Waals surface area contributed by atoms with E-state index in [1.54, 1.807) is 13.1 Å². The van der Waals surface area contributed by atoms with Crippen LogP contribution in [0.3, 0.4) is 0 Å². The second-order valence-corrected chi connectivity index (χ2v) is 4.70. The van der Waals surface area contributed by atoms with Gasteiger partial charge in [-0.1, -0.05) is 48.6 Å². The van der Waals surface area contributed by atoms with Crippen LogP contribution in [0.15, 0.2) is 66.4 Å². The van der Waals surface area contributed by atoms with E-state index in [4.69, 9.17) is 4.74 Å². The van der Waals surface area contributed by atoms with Crippen LogP contribution in [0.25, 0.3) is 12.2 Å². The van der Waals surface area contributed by atoms with E-state index < -0.39 is 0 Å². The van der Waals surface area contributed by atoms with Crippen LogP contribution in [0.5, 0.6) is 0 Å². The number of nitrogens with zero attached hydrogens (tertiary/aromatic N) is 1. The number of ether oxygens (including phenoxy) is 1. The Balaban J connectivity index is 2.19. The van der Waals surface area contributed by atoms with E-state index in [0.717, 1.165) is 16.8 Å². The molecule has 2 rings (SSSR count). The molecule has 0 spiro atoms. The van der Waals surface area contributed by atoms with Gasteiger partial charge in [-0.25, -0.2) is 0 Å². The maximum Gasteiger partial charge on any atom is 0.310 e. The Bertz CT molecular complexity index is 646. The number of hydrogen-bond donors (Lipinski definition) is 0. The van der Waals surface area contributed by atoms with E-state index in [2.05, 4.69) is 4.98 Å². The van der Waals surface area contributed by atoms with Crippen LogP contribution in [0.2, 0.25) is 0 Å². The Morgan fingerprint density at radius 1 is 1.14 bits per heavy atom. The zero-order valence-electron chi connectivity index (χ0n) is 12.6. The monoisotopic (exact) mass is 293 g/mol. The second-order valence-electron chi connectivity index (χ2n) is 4.70. The standard InChI is InChI=1S/C19H19NO2/c1-2-22-19(21)15-17(14-18-10-6-7-13-20-18)12-11-16-8-4-3-5-9-16/h3-14H,2,15H2,1H3/b12-11+,17-14-. The van der Waals surface area contributed by atoms with Crippen molar-refractivity contribution in [2.75, 3.05) is 6.61 Å². The van der Waals surface area contributed by atoms with Crippen molar-refractivity contribution in [3.05, 3.63) is 77.6 Å². The number of aromatic nitrogens is 1. The van der Waals surface area contributed by atoms with Gasteiger partial charge in [-0.05, 0) is 36.3 Å². The lowest BCUT2D eigenvalue weighted by Gasteiger charge is -2.03. The van der Waals surface area contributed by atoms with Crippen LogP contribution in [-0.4, -0.2) is 17.6 Å². The number of carbonyl (C=O) groups excluding carboxylic acids is 1. The SMILES string of the molecule is CCOC(=O)CC(/C=C/c1ccccc1)=C\c1ccccn1. The van der Waals surface area contributed by atoms with Crippen molar-refractivity contribution >= 4 is 18.1 Å². The van der Waals surface area contributed by atoms with Crippen molar-refractivity contribution in [2.45, 2.75) is 13.3 Å². The summed E-state index contributed by atoms with van der Waals surface area (Å²) in [5, 5.41) is 0. The van der Waals surface area contributed by atoms with Crippen molar-refractivity contribution in [3.8, 4) is 0 Å². The fourth-order valence-electron chi connectivity index (χ4n) is 1.96. The summed E-state index contributed by atoms with van der Waals surface area (Å²) in [6, 6.07) is 15.6. The molecule has 0 bridgehead atoms. The summed E-state index contributed by atoms with van der Waals surface area (Å²) in [5.74, 6) is -0.234. The first-order valence-electron chi connectivity index (χ1n) is 7.28. The van der Waals surface area contributed by atoms with Crippen molar-refractivity contribution in [3.63, 3.8) is 0 Å². The summed E-state index contributed by atoms with van der Waals surface area (Å²) in [5.41, 5.74) is 2.76. The van der Waals surface area contributed by atoms with Crippen molar-refractivity contribution in [2.24, 2.45) is 0 Å². The number of rotatable bonds is 6. The highest BCUT2D eigenvalue weighted by Gasteiger charge is 2.05. The fourth-order valence-corrected chi connectivity index (χ4v) is 1.96. The molecule has 0 atom stereocenters. The van der Waals surface area contributed by atoms with Crippen LogP contribution in [0.1, 0.15) is 24.6 Å². The molecule has 0 unspecified atom stereocenters. The maximum absolute atomic E-state index is 11.7. The molecule has 0 N–H and O–H groups in total. The van der Waals surface area contributed by atoms with Crippen molar-refractivity contribution < 1.29 is 9.53 Å². The molecule has 2 aromatic rings. The molecular formula is C19H19NO2. The molecule has 3 nitrogen and oxygen atoms in total. The van der Waals surface area contributed by atoms with Crippen molar-refractivity contribution in [1.29, 1.82) is 0 Å². The molecule has 0 saturated heterocycles. The number of pyridine rings is 1. The van der Waals surface area contributed by atoms with Gasteiger partial charge in [0.25, 0.3) is 0 Å². The smallest absolute Gasteiger partial charge is 0.310 e. The molecule has 3 heteroatoms. The highest BCUT2D eigenvalue weighted by molar-refractivity contribution is 5.76. The van der Waals surface area contributed by atoms with Crippen LogP contribution in [0.4, 0.5) is 0 Å². The Kier molecular flexibility index (Phi) is 6.12. The van der Waals surface area contributed by atoms with Gasteiger partial charge in [0.05, 0.1) is 18.7 Å². The van der Waals surface area contributed by atoms with Crippen molar-refractivity contribution in [1.82, 2.24) is 4.98 Å². The second kappa shape index (κ2) is 8.57. The predicted molar refractivity (Wildman–Crippen MR) is 88.9 cm³/mol. The molecular weight excluding hydrogens is 274 g/mol. The lowest BCUT2D eigenvalue weighted by atomic mass is 10.1. The van der Waals surface area contributed by atoms with Gasteiger partial charge in [-0.15, -0.1) is 0 Å². The molecule has 0 aliphatic rings. The van der Waals surface area contributed by atoms with E-state index >= 15 is 0 Å². The van der Waals surface area contributed by atoms with Gasteiger partial charge in [-0.3, -0.25) is 9.78 Å². The summed E-state index contributed by atoms with van der Waals surface area (Å²) < 4.78 is 5.03. The third kappa shape index (κ3) is 5.37. The van der Waals surface area contributed by atoms with Gasteiger partial charge < -0.3 is 4.74 Å². The van der Waals surface area contributed by atoms with Gasteiger partial charge in [-0.2, -0.15) is 0 Å². The molecule has 1 aromatic carbocycles. The zero-order valence-corrected chi connectivity index (χ0v) is 12.6. The molecule has 0 radical (unpaired) electrons. The topological polar surface area (TPSA) is 39.2 Å². The minimum Gasteiger partial charge on any atom is -0.466 e. The molecule has 0 saturated carbocycles. The van der Waals surface area contributed by atoms with E-state index in [1.165, 1.54) is 0 Å². The molecule has 1 heterocycles. The van der Waals surface area contributed by atoms with Gasteiger partial charge >= 0.3 is 5.97 Å². The number of benzene rings is 1. The van der Waals surface area contributed by atoms with Crippen LogP contribution < -0.4 is 0 Å². The number of hydrogen-bond acceptors (Lipinski definition) is 3. The van der Waals surface area contributed by atoms with Crippen LogP contribution in [-0.2, 0) is 9.53 Å². The first-order chi connectivity index (χ1) is 10.8. The summed E-state index contributed by atoms with van der Waals surface area (Å²) in [7, 11) is 0. The average molecular weight is 293 g/mol. The van der Waals surface area contributed by atoms with Gasteiger partial charge in [0, 0.05) is 6.20 Å². The third-order valence-corrected chi connectivity index (χ3v) is 2.96. The summed E-state index contributed by atoms with van der Waals surface area (Å²) in [6.07, 6.45) is 7.77. The Morgan fingerprint density at radius 2 is 1.91 bits per heavy atom. The summed E-state index contributed by atoms with van der Waals surface area (Å²) in [4.78, 5) is 16.0. The van der Waals surface area contributed by atoms with Gasteiger partial charge in [0.2, 0.25) is 0 Å². The number of carbonyl (C=O) groups is 1. The van der Waals surface area contributed by atoms with Gasteiger partial charge in [0.1, 0.15) is 0 Å². The van der Waals surface area contributed by atoms with Crippen LogP contribution >= 0.6 is 0 Å². The average Bonchev–Trinajstić information content (AvgIpc) is 2.55. The molecule has 0 amide bonds. The first kappa shape index (κ1) is 15.7. The molecule has 0 aliphatic heterocycles. The normalized spacial score (nSPS) is 11.6. The van der Waals surface area contributed by atoms with Gasteiger partial charge in [0.15, 0.2) is 0 Å². The minimum atomic E-state index is -0.234.